The number of nitrogens with zero attached hydrogens (tertiary/aromatic N) is 1. The molecule has 1 unspecified atom stereocenters. The Kier molecular flexibility index (Phi) is 5.40. The number of aliphatic hydroxyl groups excluding tert-OH is 1. The van der Waals surface area contributed by atoms with Crippen molar-refractivity contribution in [1.82, 2.24) is 4.90 Å². The zero-order chi connectivity index (χ0) is 21.4. The first kappa shape index (κ1) is 20.3. The van der Waals surface area contributed by atoms with Crippen molar-refractivity contribution in [3.05, 3.63) is 86.2 Å². The van der Waals surface area contributed by atoms with Crippen molar-refractivity contribution in [1.29, 1.82) is 0 Å². The Balaban J connectivity index is 1.82. The number of rotatable bonds is 6. The third kappa shape index (κ3) is 3.51. The maximum Gasteiger partial charge on any atom is 0.290 e. The summed E-state index contributed by atoms with van der Waals surface area (Å²) in [6.07, 6.45) is 0. The van der Waals surface area contributed by atoms with Crippen molar-refractivity contribution in [2.75, 3.05) is 7.11 Å². The highest BCUT2D eigenvalue weighted by molar-refractivity contribution is 7.09. The quantitative estimate of drug-likeness (QED) is 0.537. The monoisotopic (exact) mass is 443 g/mol. The number of furan rings is 1. The summed E-state index contributed by atoms with van der Waals surface area (Å²) in [5.41, 5.74) is 0.550. The van der Waals surface area contributed by atoms with Crippen molar-refractivity contribution >= 4 is 34.6 Å². The lowest BCUT2D eigenvalue weighted by atomic mass is 9.95. The maximum atomic E-state index is 13.2. The summed E-state index contributed by atoms with van der Waals surface area (Å²) in [6.45, 7) is 1.96. The van der Waals surface area contributed by atoms with Gasteiger partial charge < -0.3 is 19.2 Å². The third-order valence-electron chi connectivity index (χ3n) is 4.91. The van der Waals surface area contributed by atoms with Crippen molar-refractivity contribution in [2.24, 2.45) is 0 Å². The Morgan fingerprint density at radius 2 is 2.10 bits per heavy atom. The molecule has 1 atom stereocenters. The van der Waals surface area contributed by atoms with Crippen LogP contribution < -0.4 is 4.74 Å². The van der Waals surface area contributed by atoms with Crippen LogP contribution in [0.3, 0.4) is 0 Å². The second-order valence-electron chi connectivity index (χ2n) is 6.81. The van der Waals surface area contributed by atoms with Crippen molar-refractivity contribution < 1.29 is 23.8 Å². The summed E-state index contributed by atoms with van der Waals surface area (Å²) >= 11 is 7.80. The molecule has 1 aromatic carbocycles. The molecule has 6 nitrogen and oxygen atoms in total. The van der Waals surface area contributed by atoms with Gasteiger partial charge in [-0.2, -0.15) is 0 Å². The molecule has 1 amide bonds. The van der Waals surface area contributed by atoms with E-state index < -0.39 is 23.5 Å². The van der Waals surface area contributed by atoms with Crippen LogP contribution in [0.5, 0.6) is 5.75 Å². The molecule has 0 saturated carbocycles. The summed E-state index contributed by atoms with van der Waals surface area (Å²) in [7, 11) is 1.50. The van der Waals surface area contributed by atoms with E-state index in [1.807, 2.05) is 17.5 Å². The van der Waals surface area contributed by atoms with Gasteiger partial charge in [-0.3, -0.25) is 9.59 Å². The number of amides is 1. The topological polar surface area (TPSA) is 80.0 Å². The number of methoxy groups -OCH3 is 1. The molecule has 0 aliphatic carbocycles. The van der Waals surface area contributed by atoms with Gasteiger partial charge in [0.2, 0.25) is 5.78 Å². The maximum absolute atomic E-state index is 13.2. The number of aliphatic hydroxyl groups is 1. The van der Waals surface area contributed by atoms with Crippen molar-refractivity contribution in [3.63, 3.8) is 0 Å². The lowest BCUT2D eigenvalue weighted by molar-refractivity contribution is -0.130. The van der Waals surface area contributed by atoms with Crippen LogP contribution in [-0.4, -0.2) is 28.8 Å². The van der Waals surface area contributed by atoms with Crippen molar-refractivity contribution in [3.8, 4) is 5.75 Å². The normalized spacial score (nSPS) is 16.4. The number of carbonyl (C=O) groups is 2. The van der Waals surface area contributed by atoms with Crippen LogP contribution in [0.15, 0.2) is 63.6 Å². The van der Waals surface area contributed by atoms with E-state index in [9.17, 15) is 14.7 Å². The van der Waals surface area contributed by atoms with Crippen molar-refractivity contribution in [2.45, 2.75) is 19.5 Å². The predicted octanol–water partition coefficient (Wildman–Crippen LogP) is 5.09. The van der Waals surface area contributed by atoms with Gasteiger partial charge in [0.05, 0.1) is 30.3 Å². The van der Waals surface area contributed by atoms with Gasteiger partial charge in [-0.25, -0.2) is 0 Å². The van der Waals surface area contributed by atoms with E-state index in [1.54, 1.807) is 31.2 Å². The minimum absolute atomic E-state index is 0.0351. The molecule has 0 spiro atoms. The molecule has 2 aromatic heterocycles. The fraction of sp³-hybridized carbons (Fsp3) is 0.182. The van der Waals surface area contributed by atoms with Crippen LogP contribution in [0.25, 0.3) is 0 Å². The Morgan fingerprint density at radius 3 is 2.70 bits per heavy atom. The second-order valence-corrected chi connectivity index (χ2v) is 8.25. The molecule has 0 bridgehead atoms. The number of hydrogen-bond donors (Lipinski definition) is 1. The molecule has 3 aromatic rings. The Bertz CT molecular complexity index is 1150. The molecule has 0 radical (unpaired) electrons. The Labute approximate surface area is 181 Å². The van der Waals surface area contributed by atoms with E-state index >= 15 is 0 Å². The van der Waals surface area contributed by atoms with Crippen LogP contribution in [0, 0.1) is 6.92 Å². The number of aryl methyl sites for hydroxylation is 1. The van der Waals surface area contributed by atoms with Gasteiger partial charge in [-0.05, 0) is 48.2 Å². The fourth-order valence-corrected chi connectivity index (χ4v) is 4.48. The van der Waals surface area contributed by atoms with Crippen LogP contribution in [0.4, 0.5) is 0 Å². The Morgan fingerprint density at radius 1 is 1.30 bits per heavy atom. The number of Topliss-reactive ketones (excluding diaryl/α,β-unsaturated/α-hetero) is 1. The largest absolute Gasteiger partial charge is 0.503 e. The molecule has 3 heterocycles. The summed E-state index contributed by atoms with van der Waals surface area (Å²) < 4.78 is 10.7. The number of ketones is 1. The first-order valence-electron chi connectivity index (χ1n) is 9.11. The van der Waals surface area contributed by atoms with Crippen LogP contribution >= 0.6 is 22.9 Å². The summed E-state index contributed by atoms with van der Waals surface area (Å²) in [5, 5.41) is 12.9. The first-order valence-corrected chi connectivity index (χ1v) is 10.4. The minimum Gasteiger partial charge on any atom is -0.503 e. The third-order valence-corrected chi connectivity index (χ3v) is 6.07. The number of hydrogen-bond acceptors (Lipinski definition) is 6. The van der Waals surface area contributed by atoms with Crippen LogP contribution in [0.1, 0.15) is 32.8 Å². The van der Waals surface area contributed by atoms with E-state index in [1.165, 1.54) is 29.4 Å². The number of halogens is 1. The lowest BCUT2D eigenvalue weighted by Crippen LogP contribution is -2.30. The highest BCUT2D eigenvalue weighted by Gasteiger charge is 2.44. The van der Waals surface area contributed by atoms with Gasteiger partial charge in [0.1, 0.15) is 11.5 Å². The van der Waals surface area contributed by atoms with Gasteiger partial charge in [0.15, 0.2) is 11.5 Å². The number of carbonyl (C=O) groups excluding carboxylic acids is 2. The van der Waals surface area contributed by atoms with E-state index in [2.05, 4.69) is 0 Å². The predicted molar refractivity (Wildman–Crippen MR) is 113 cm³/mol. The molecule has 8 heteroatoms. The van der Waals surface area contributed by atoms with Gasteiger partial charge in [0.25, 0.3) is 5.91 Å². The Hall–Kier alpha value is -3.03. The van der Waals surface area contributed by atoms with Gasteiger partial charge in [0, 0.05) is 4.88 Å². The van der Waals surface area contributed by atoms with Crippen LogP contribution in [-0.2, 0) is 11.3 Å². The van der Waals surface area contributed by atoms with E-state index in [0.717, 1.165) is 4.88 Å². The summed E-state index contributed by atoms with van der Waals surface area (Å²) in [6, 6.07) is 11.2. The number of benzene rings is 1. The zero-order valence-corrected chi connectivity index (χ0v) is 17.8. The zero-order valence-electron chi connectivity index (χ0n) is 16.2. The molecule has 30 heavy (non-hydrogen) atoms. The van der Waals surface area contributed by atoms with Gasteiger partial charge in [-0.15, -0.1) is 11.3 Å². The average molecular weight is 444 g/mol. The van der Waals surface area contributed by atoms with Crippen LogP contribution in [0.2, 0.25) is 5.02 Å². The molecule has 4 rings (SSSR count). The van der Waals surface area contributed by atoms with E-state index in [4.69, 9.17) is 20.8 Å². The van der Waals surface area contributed by atoms with Gasteiger partial charge >= 0.3 is 0 Å². The molecule has 154 valence electrons. The first-order chi connectivity index (χ1) is 14.4. The molecule has 1 aliphatic heterocycles. The standard InChI is InChI=1S/C22H18ClNO5S/c1-12-5-7-17(29-12)20(25)18-19(13-6-8-16(28-2)15(23)10-13)24(22(27)21(18)26)11-14-4-3-9-30-14/h3-10,19,26H,11H2,1-2H3. The number of thiophene rings is 1. The average Bonchev–Trinajstić information content (AvgIpc) is 3.45. The minimum atomic E-state index is -0.819. The second kappa shape index (κ2) is 8.01. The molecule has 0 saturated heterocycles. The van der Waals surface area contributed by atoms with E-state index in [0.29, 0.717) is 22.1 Å². The molecule has 0 fully saturated rings. The van der Waals surface area contributed by atoms with E-state index in [-0.39, 0.29) is 17.9 Å². The summed E-state index contributed by atoms with van der Waals surface area (Å²) in [4.78, 5) is 28.5. The summed E-state index contributed by atoms with van der Waals surface area (Å²) in [5.74, 6) is -0.655. The lowest BCUT2D eigenvalue weighted by Gasteiger charge is -2.26. The molecular weight excluding hydrogens is 426 g/mol. The molecular formula is C22H18ClNO5S. The number of ether oxygens (including phenoxy) is 1. The fourth-order valence-electron chi connectivity index (χ4n) is 3.51. The highest BCUT2D eigenvalue weighted by Crippen LogP contribution is 2.42. The molecule has 1 aliphatic rings. The van der Waals surface area contributed by atoms with Gasteiger partial charge in [-0.1, -0.05) is 23.7 Å². The SMILES string of the molecule is COc1ccc(C2C(C(=O)c3ccc(C)o3)=C(O)C(=O)N2Cc2cccs2)cc1Cl. The molecule has 1 N–H and O–H groups in total. The highest BCUT2D eigenvalue weighted by atomic mass is 35.5. The smallest absolute Gasteiger partial charge is 0.290 e.